The van der Waals surface area contributed by atoms with E-state index >= 15 is 0 Å². The van der Waals surface area contributed by atoms with Gasteiger partial charge in [-0.25, -0.2) is 0 Å². The second kappa shape index (κ2) is 7.53. The van der Waals surface area contributed by atoms with Crippen LogP contribution >= 0.6 is 0 Å². The van der Waals surface area contributed by atoms with Crippen molar-refractivity contribution in [1.82, 2.24) is 5.32 Å². The van der Waals surface area contributed by atoms with E-state index in [1.165, 1.54) is 11.9 Å². The predicted octanol–water partition coefficient (Wildman–Crippen LogP) is 4.14. The van der Waals surface area contributed by atoms with Gasteiger partial charge in [0.1, 0.15) is 6.54 Å². The third-order valence-corrected chi connectivity index (χ3v) is 3.19. The summed E-state index contributed by atoms with van der Waals surface area (Å²) in [6, 6.07) is 7.38. The lowest BCUT2D eigenvalue weighted by Crippen LogP contribution is -2.32. The van der Waals surface area contributed by atoms with Crippen LogP contribution in [-0.2, 0) is 0 Å². The molecular formula is C15H23F3N2. The molecule has 0 amide bonds. The highest BCUT2D eigenvalue weighted by molar-refractivity contribution is 5.54. The van der Waals surface area contributed by atoms with Gasteiger partial charge in [0.15, 0.2) is 0 Å². The Balaban J connectivity index is 2.96. The first-order valence-electron chi connectivity index (χ1n) is 6.99. The van der Waals surface area contributed by atoms with Crippen molar-refractivity contribution in [2.75, 3.05) is 25.0 Å². The van der Waals surface area contributed by atoms with Crippen LogP contribution in [0.25, 0.3) is 0 Å². The first-order valence-corrected chi connectivity index (χ1v) is 6.99. The molecule has 0 bridgehead atoms. The standard InChI is InChI=1S/C15H23F3N2/c1-4-10-19-13(5-2)12-8-6-7-9-14(12)20(3)11-15(16,17)18/h6-9,13,19H,4-5,10-11H2,1-3H3. The Hall–Kier alpha value is -1.23. The van der Waals surface area contributed by atoms with Crippen LogP contribution in [-0.4, -0.2) is 26.3 Å². The molecule has 114 valence electrons. The minimum atomic E-state index is -4.19. The Morgan fingerprint density at radius 1 is 1.20 bits per heavy atom. The number of rotatable bonds is 7. The Bertz CT molecular complexity index is 404. The smallest absolute Gasteiger partial charge is 0.365 e. The van der Waals surface area contributed by atoms with Gasteiger partial charge in [0, 0.05) is 18.8 Å². The zero-order valence-corrected chi connectivity index (χ0v) is 12.3. The molecule has 0 radical (unpaired) electrons. The Morgan fingerprint density at radius 2 is 1.85 bits per heavy atom. The predicted molar refractivity (Wildman–Crippen MR) is 77.1 cm³/mol. The molecule has 5 heteroatoms. The molecule has 0 spiro atoms. The fraction of sp³-hybridized carbons (Fsp3) is 0.600. The van der Waals surface area contributed by atoms with Crippen molar-refractivity contribution in [2.24, 2.45) is 0 Å². The minimum Gasteiger partial charge on any atom is -0.365 e. The van der Waals surface area contributed by atoms with Crippen molar-refractivity contribution in [3.63, 3.8) is 0 Å². The number of nitrogens with zero attached hydrogens (tertiary/aromatic N) is 1. The topological polar surface area (TPSA) is 15.3 Å². The molecule has 1 atom stereocenters. The summed E-state index contributed by atoms with van der Waals surface area (Å²) in [6.45, 7) is 4.03. The molecule has 0 aliphatic heterocycles. The molecule has 2 nitrogen and oxygen atoms in total. The molecule has 1 aromatic carbocycles. The van der Waals surface area contributed by atoms with Gasteiger partial charge in [-0.2, -0.15) is 13.2 Å². The van der Waals surface area contributed by atoms with Gasteiger partial charge in [-0.15, -0.1) is 0 Å². The van der Waals surface area contributed by atoms with Gasteiger partial charge < -0.3 is 10.2 Å². The van der Waals surface area contributed by atoms with Gasteiger partial charge in [-0.05, 0) is 31.0 Å². The molecular weight excluding hydrogens is 265 g/mol. The summed E-state index contributed by atoms with van der Waals surface area (Å²) < 4.78 is 37.7. The first-order chi connectivity index (χ1) is 9.39. The number of hydrogen-bond donors (Lipinski definition) is 1. The van der Waals surface area contributed by atoms with Gasteiger partial charge in [0.25, 0.3) is 0 Å². The average Bonchev–Trinajstić information content (AvgIpc) is 2.38. The molecule has 1 aromatic rings. The minimum absolute atomic E-state index is 0.0850. The molecule has 0 heterocycles. The first kappa shape index (κ1) is 16.8. The van der Waals surface area contributed by atoms with E-state index in [1.807, 2.05) is 19.1 Å². The number of nitrogens with one attached hydrogen (secondary N) is 1. The highest BCUT2D eigenvalue weighted by atomic mass is 19.4. The maximum absolute atomic E-state index is 12.6. The van der Waals surface area contributed by atoms with Gasteiger partial charge >= 0.3 is 6.18 Å². The lowest BCUT2D eigenvalue weighted by molar-refractivity contribution is -0.119. The van der Waals surface area contributed by atoms with E-state index in [1.54, 1.807) is 12.1 Å². The van der Waals surface area contributed by atoms with Gasteiger partial charge in [0.2, 0.25) is 0 Å². The van der Waals surface area contributed by atoms with E-state index < -0.39 is 12.7 Å². The third-order valence-electron chi connectivity index (χ3n) is 3.19. The zero-order chi connectivity index (χ0) is 15.2. The largest absolute Gasteiger partial charge is 0.405 e. The molecule has 0 saturated carbocycles. The quantitative estimate of drug-likeness (QED) is 0.811. The Labute approximate surface area is 119 Å². The van der Waals surface area contributed by atoms with Crippen molar-refractivity contribution in [1.29, 1.82) is 0 Å². The summed E-state index contributed by atoms with van der Waals surface area (Å²) in [4.78, 5) is 1.27. The van der Waals surface area contributed by atoms with Gasteiger partial charge in [0.05, 0.1) is 0 Å². The molecule has 0 aliphatic rings. The highest BCUT2D eigenvalue weighted by Crippen LogP contribution is 2.29. The summed E-state index contributed by atoms with van der Waals surface area (Å²) in [5.41, 5.74) is 1.57. The number of hydrogen-bond acceptors (Lipinski definition) is 2. The van der Waals surface area contributed by atoms with E-state index in [9.17, 15) is 13.2 Å². The number of benzene rings is 1. The van der Waals surface area contributed by atoms with Crippen LogP contribution in [0.15, 0.2) is 24.3 Å². The van der Waals surface area contributed by atoms with Crippen LogP contribution in [0.4, 0.5) is 18.9 Å². The number of anilines is 1. The summed E-state index contributed by atoms with van der Waals surface area (Å²) in [7, 11) is 1.48. The summed E-state index contributed by atoms with van der Waals surface area (Å²) >= 11 is 0. The second-order valence-corrected chi connectivity index (χ2v) is 4.95. The lowest BCUT2D eigenvalue weighted by Gasteiger charge is -2.27. The molecule has 1 rings (SSSR count). The SMILES string of the molecule is CCCNC(CC)c1ccccc1N(C)CC(F)(F)F. The van der Waals surface area contributed by atoms with Gasteiger partial charge in [-0.1, -0.05) is 32.0 Å². The molecule has 1 N–H and O–H groups in total. The van der Waals surface area contributed by atoms with Crippen molar-refractivity contribution in [2.45, 2.75) is 38.9 Å². The normalized spacial score (nSPS) is 13.3. The van der Waals surface area contributed by atoms with Crippen LogP contribution in [0.1, 0.15) is 38.3 Å². The summed E-state index contributed by atoms with van der Waals surface area (Å²) in [5, 5.41) is 3.39. The molecule has 0 fully saturated rings. The van der Waals surface area contributed by atoms with Crippen molar-refractivity contribution >= 4 is 5.69 Å². The molecule has 0 aliphatic carbocycles. The van der Waals surface area contributed by atoms with E-state index in [-0.39, 0.29) is 6.04 Å². The molecule has 1 unspecified atom stereocenters. The average molecular weight is 288 g/mol. The van der Waals surface area contributed by atoms with Gasteiger partial charge in [-0.3, -0.25) is 0 Å². The third kappa shape index (κ3) is 5.04. The van der Waals surface area contributed by atoms with E-state index in [0.29, 0.717) is 5.69 Å². The van der Waals surface area contributed by atoms with Crippen LogP contribution < -0.4 is 10.2 Å². The zero-order valence-electron chi connectivity index (χ0n) is 12.3. The summed E-state index contributed by atoms with van der Waals surface area (Å²) in [5.74, 6) is 0. The fourth-order valence-corrected chi connectivity index (χ4v) is 2.28. The maximum Gasteiger partial charge on any atom is 0.405 e. The number of alkyl halides is 3. The van der Waals surface area contributed by atoms with Crippen LogP contribution in [0, 0.1) is 0 Å². The number of para-hydroxylation sites is 1. The highest BCUT2D eigenvalue weighted by Gasteiger charge is 2.30. The maximum atomic E-state index is 12.6. The van der Waals surface area contributed by atoms with E-state index in [4.69, 9.17) is 0 Å². The monoisotopic (exact) mass is 288 g/mol. The molecule has 20 heavy (non-hydrogen) atoms. The van der Waals surface area contributed by atoms with Crippen molar-refractivity contribution in [3.05, 3.63) is 29.8 Å². The second-order valence-electron chi connectivity index (χ2n) is 4.95. The number of halogens is 3. The van der Waals surface area contributed by atoms with Crippen molar-refractivity contribution in [3.8, 4) is 0 Å². The van der Waals surface area contributed by atoms with Crippen LogP contribution in [0.3, 0.4) is 0 Å². The Kier molecular flexibility index (Phi) is 6.33. The lowest BCUT2D eigenvalue weighted by atomic mass is 10.0. The van der Waals surface area contributed by atoms with Crippen LogP contribution in [0.2, 0.25) is 0 Å². The summed E-state index contributed by atoms with van der Waals surface area (Å²) in [6.07, 6.45) is -2.35. The molecule has 0 saturated heterocycles. The molecule has 0 aromatic heterocycles. The van der Waals surface area contributed by atoms with Crippen molar-refractivity contribution < 1.29 is 13.2 Å². The Morgan fingerprint density at radius 3 is 2.40 bits per heavy atom. The van der Waals surface area contributed by atoms with Crippen LogP contribution in [0.5, 0.6) is 0 Å². The van der Waals surface area contributed by atoms with E-state index in [0.717, 1.165) is 24.9 Å². The fourth-order valence-electron chi connectivity index (χ4n) is 2.28. The van der Waals surface area contributed by atoms with E-state index in [2.05, 4.69) is 12.2 Å².